The topological polar surface area (TPSA) is 96.7 Å². The lowest BCUT2D eigenvalue weighted by molar-refractivity contribution is -0.139. The van der Waals surface area contributed by atoms with Crippen LogP contribution < -0.4 is 29.5 Å². The molecule has 0 amide bonds. The van der Waals surface area contributed by atoms with Gasteiger partial charge in [-0.05, 0) is 25.5 Å². The average molecular weight is 469 g/mol. The van der Waals surface area contributed by atoms with Gasteiger partial charge in [0.15, 0.2) is 18.2 Å². The lowest BCUT2D eigenvalue weighted by Crippen LogP contribution is -2.32. The summed E-state index contributed by atoms with van der Waals surface area (Å²) in [6.45, 7) is 4.49. The molecule has 1 aliphatic rings. The molecule has 0 N–H and O–H groups in total. The Balaban J connectivity index is 1.79. The van der Waals surface area contributed by atoms with Crippen LogP contribution in [-0.2, 0) is 22.5 Å². The molecule has 180 valence electrons. The summed E-state index contributed by atoms with van der Waals surface area (Å²) >= 11 is 0. The molecule has 9 heteroatoms. The number of hydrogen-bond acceptors (Lipinski definition) is 9. The van der Waals surface area contributed by atoms with Gasteiger partial charge in [0.25, 0.3) is 0 Å². The van der Waals surface area contributed by atoms with Gasteiger partial charge in [0.05, 0.1) is 40.4 Å². The van der Waals surface area contributed by atoms with Crippen LogP contribution in [0.5, 0.6) is 23.0 Å². The van der Waals surface area contributed by atoms with E-state index in [0.717, 1.165) is 22.2 Å². The molecule has 0 saturated heterocycles. The predicted molar refractivity (Wildman–Crippen MR) is 125 cm³/mol. The number of fused-ring (bicyclic) bond motifs is 2. The number of esters is 1. The third kappa shape index (κ3) is 3.87. The van der Waals surface area contributed by atoms with E-state index in [1.165, 1.54) is 7.11 Å². The Labute approximate surface area is 196 Å². The molecule has 9 nitrogen and oxygen atoms in total. The van der Waals surface area contributed by atoms with E-state index in [2.05, 4.69) is 0 Å². The Morgan fingerprint density at radius 2 is 1.68 bits per heavy atom. The highest BCUT2D eigenvalue weighted by Gasteiger charge is 2.26. The fourth-order valence-electron chi connectivity index (χ4n) is 4.28. The molecule has 0 unspecified atom stereocenters. The number of carbonyl (C=O) groups is 1. The Bertz CT molecular complexity index is 1300. The molecule has 0 fully saturated rings. The average Bonchev–Trinajstić information content (AvgIpc) is 2.85. The molecule has 4 rings (SSSR count). The highest BCUT2D eigenvalue weighted by molar-refractivity contribution is 5.88. The molecule has 1 aliphatic heterocycles. The van der Waals surface area contributed by atoms with Crippen LogP contribution >= 0.6 is 0 Å². The molecule has 3 aromatic rings. The van der Waals surface area contributed by atoms with Crippen molar-refractivity contribution < 1.29 is 32.9 Å². The zero-order valence-electron chi connectivity index (χ0n) is 20.1. The summed E-state index contributed by atoms with van der Waals surface area (Å²) < 4.78 is 32.8. The maximum Gasteiger partial charge on any atom is 0.340 e. The third-order valence-electron chi connectivity index (χ3n) is 6.12. The molecular formula is C25H27NO8. The molecule has 2 heterocycles. The normalized spacial score (nSPS) is 12.7. The summed E-state index contributed by atoms with van der Waals surface area (Å²) in [5, 5.41) is 0.755. The summed E-state index contributed by atoms with van der Waals surface area (Å²) in [5.41, 5.74) is 3.38. The lowest BCUT2D eigenvalue weighted by atomic mass is 9.97. The van der Waals surface area contributed by atoms with Crippen molar-refractivity contribution in [3.05, 3.63) is 50.9 Å². The predicted octanol–water partition coefficient (Wildman–Crippen LogP) is 3.51. The van der Waals surface area contributed by atoms with Crippen LogP contribution in [-0.4, -0.2) is 41.1 Å². The van der Waals surface area contributed by atoms with Crippen molar-refractivity contribution in [2.24, 2.45) is 0 Å². The van der Waals surface area contributed by atoms with Gasteiger partial charge in [-0.15, -0.1) is 0 Å². The highest BCUT2D eigenvalue weighted by Crippen LogP contribution is 2.43. The Kier molecular flexibility index (Phi) is 6.28. The second-order valence-corrected chi connectivity index (χ2v) is 7.97. The first kappa shape index (κ1) is 23.3. The SMILES string of the molecule is COC(=O)Cc1c(C)c2cc3c(c(C)c2oc1=O)OCN(c1cc(OC)c(OC)c(OC)c1)C3. The Morgan fingerprint density at radius 1 is 1.00 bits per heavy atom. The number of hydrogen-bond donors (Lipinski definition) is 0. The van der Waals surface area contributed by atoms with Gasteiger partial charge in [0.2, 0.25) is 5.75 Å². The van der Waals surface area contributed by atoms with Gasteiger partial charge in [-0.1, -0.05) is 0 Å². The molecule has 0 atom stereocenters. The number of methoxy groups -OCH3 is 4. The number of nitrogens with zero attached hydrogens (tertiary/aromatic N) is 1. The van der Waals surface area contributed by atoms with Crippen LogP contribution in [0.4, 0.5) is 5.69 Å². The number of anilines is 1. The van der Waals surface area contributed by atoms with Gasteiger partial charge in [-0.2, -0.15) is 0 Å². The smallest absolute Gasteiger partial charge is 0.340 e. The van der Waals surface area contributed by atoms with Crippen LogP contribution in [0, 0.1) is 13.8 Å². The monoisotopic (exact) mass is 469 g/mol. The van der Waals surface area contributed by atoms with E-state index in [1.807, 2.05) is 36.9 Å². The third-order valence-corrected chi connectivity index (χ3v) is 6.12. The number of ether oxygens (including phenoxy) is 5. The maximum atomic E-state index is 12.6. The van der Waals surface area contributed by atoms with Crippen LogP contribution in [0.25, 0.3) is 11.0 Å². The molecule has 0 spiro atoms. The van der Waals surface area contributed by atoms with E-state index in [4.69, 9.17) is 28.1 Å². The van der Waals surface area contributed by atoms with Gasteiger partial charge >= 0.3 is 11.6 Å². The first-order valence-electron chi connectivity index (χ1n) is 10.7. The number of benzene rings is 2. The van der Waals surface area contributed by atoms with E-state index in [1.54, 1.807) is 21.3 Å². The van der Waals surface area contributed by atoms with Gasteiger partial charge in [-0.25, -0.2) is 4.79 Å². The number of rotatable bonds is 6. The van der Waals surface area contributed by atoms with E-state index in [9.17, 15) is 9.59 Å². The zero-order valence-corrected chi connectivity index (χ0v) is 20.1. The van der Waals surface area contributed by atoms with Crippen LogP contribution in [0.1, 0.15) is 22.3 Å². The summed E-state index contributed by atoms with van der Waals surface area (Å²) in [7, 11) is 5.99. The van der Waals surface area contributed by atoms with Crippen molar-refractivity contribution in [1.29, 1.82) is 0 Å². The van der Waals surface area contributed by atoms with Crippen molar-refractivity contribution in [1.82, 2.24) is 0 Å². The van der Waals surface area contributed by atoms with Crippen molar-refractivity contribution in [2.75, 3.05) is 40.1 Å². The Morgan fingerprint density at radius 3 is 2.26 bits per heavy atom. The van der Waals surface area contributed by atoms with Gasteiger partial charge < -0.3 is 33.0 Å². The van der Waals surface area contributed by atoms with Gasteiger partial charge in [0.1, 0.15) is 11.3 Å². The summed E-state index contributed by atoms with van der Waals surface area (Å²) in [5.74, 6) is 1.78. The molecule has 0 radical (unpaired) electrons. The highest BCUT2D eigenvalue weighted by atomic mass is 16.5. The Hall–Kier alpha value is -3.88. The summed E-state index contributed by atoms with van der Waals surface area (Å²) in [6, 6.07) is 5.67. The molecule has 1 aromatic heterocycles. The van der Waals surface area contributed by atoms with Crippen molar-refractivity contribution in [3.8, 4) is 23.0 Å². The second kappa shape index (κ2) is 9.17. The number of carbonyl (C=O) groups excluding carboxylic acids is 1. The molecule has 2 aromatic carbocycles. The van der Waals surface area contributed by atoms with Crippen molar-refractivity contribution >= 4 is 22.6 Å². The van der Waals surface area contributed by atoms with Crippen molar-refractivity contribution in [3.63, 3.8) is 0 Å². The number of aryl methyl sites for hydroxylation is 2. The first-order valence-corrected chi connectivity index (χ1v) is 10.7. The molecule has 0 bridgehead atoms. The van der Waals surface area contributed by atoms with Gasteiger partial charge in [-0.3, -0.25) is 4.79 Å². The summed E-state index contributed by atoms with van der Waals surface area (Å²) in [4.78, 5) is 26.4. The standard InChI is InChI=1S/C25H27NO8/c1-13-17-7-15-11-26(16-8-19(29-3)24(32-6)20(9-16)30-4)12-33-22(15)14(2)23(17)34-25(28)18(13)10-21(27)31-5/h7-9H,10-12H2,1-6H3. The van der Waals surface area contributed by atoms with Gasteiger partial charge in [0, 0.05) is 40.9 Å². The molecular weight excluding hydrogens is 442 g/mol. The minimum Gasteiger partial charge on any atom is -0.493 e. The molecule has 0 aliphatic carbocycles. The lowest BCUT2D eigenvalue weighted by Gasteiger charge is -2.32. The van der Waals surface area contributed by atoms with Crippen molar-refractivity contribution in [2.45, 2.75) is 26.8 Å². The van der Waals surface area contributed by atoms with E-state index in [-0.39, 0.29) is 18.7 Å². The minimum atomic E-state index is -0.548. The van der Waals surface area contributed by atoms with E-state index >= 15 is 0 Å². The molecule has 34 heavy (non-hydrogen) atoms. The quantitative estimate of drug-likeness (QED) is 0.397. The summed E-state index contributed by atoms with van der Waals surface area (Å²) in [6.07, 6.45) is -0.148. The van der Waals surface area contributed by atoms with E-state index in [0.29, 0.717) is 40.7 Å². The largest absolute Gasteiger partial charge is 0.493 e. The second-order valence-electron chi connectivity index (χ2n) is 7.97. The first-order chi connectivity index (χ1) is 16.3. The fraction of sp³-hybridized carbons (Fsp3) is 0.360. The van der Waals surface area contributed by atoms with Crippen LogP contribution in [0.3, 0.4) is 0 Å². The zero-order chi connectivity index (χ0) is 24.6. The van der Waals surface area contributed by atoms with E-state index < -0.39 is 11.6 Å². The van der Waals surface area contributed by atoms with Crippen LogP contribution in [0.2, 0.25) is 0 Å². The maximum absolute atomic E-state index is 12.6. The minimum absolute atomic E-state index is 0.148. The van der Waals surface area contributed by atoms with Crippen LogP contribution in [0.15, 0.2) is 27.4 Å². The molecule has 0 saturated carbocycles. The fourth-order valence-corrected chi connectivity index (χ4v) is 4.28.